The van der Waals surface area contributed by atoms with Crippen LogP contribution in [-0.2, 0) is 0 Å². The Kier molecular flexibility index (Phi) is 4.31. The van der Waals surface area contributed by atoms with Gasteiger partial charge in [0.2, 0.25) is 0 Å². The standard InChI is InChI=1S/C6H11S/c1-3-5-6(7)4-2/h2-5H2,1H3. The summed E-state index contributed by atoms with van der Waals surface area (Å²) in [7, 11) is 0. The lowest BCUT2D eigenvalue weighted by molar-refractivity contribution is 0.993. The van der Waals surface area contributed by atoms with Crippen LogP contribution in [0.3, 0.4) is 0 Å². The normalized spacial score (nSPS) is 8.86. The van der Waals surface area contributed by atoms with Crippen LogP contribution in [0.4, 0.5) is 0 Å². The second-order valence-electron chi connectivity index (χ2n) is 1.54. The van der Waals surface area contributed by atoms with Gasteiger partial charge in [-0.25, -0.2) is 0 Å². The van der Waals surface area contributed by atoms with Crippen molar-refractivity contribution in [3.8, 4) is 0 Å². The highest BCUT2D eigenvalue weighted by Gasteiger charge is 1.86. The van der Waals surface area contributed by atoms with Crippen LogP contribution < -0.4 is 0 Å². The van der Waals surface area contributed by atoms with E-state index >= 15 is 0 Å². The van der Waals surface area contributed by atoms with E-state index in [1.807, 2.05) is 0 Å². The number of thiocarbonyl (C=S) groups is 1. The molecular formula is C6H11S. The summed E-state index contributed by atoms with van der Waals surface area (Å²) in [5, 5.41) is 0. The predicted octanol–water partition coefficient (Wildman–Crippen LogP) is 2.38. The minimum absolute atomic E-state index is 0.823. The number of hydrogen-bond donors (Lipinski definition) is 0. The van der Waals surface area contributed by atoms with E-state index in [4.69, 9.17) is 12.2 Å². The zero-order chi connectivity index (χ0) is 5.70. The summed E-state index contributed by atoms with van der Waals surface area (Å²) in [4.78, 5) is 1.10. The molecule has 0 aromatic heterocycles. The molecule has 0 amide bonds. The maximum Gasteiger partial charge on any atom is -0.00716 e. The molecule has 1 heteroatoms. The summed E-state index contributed by atoms with van der Waals surface area (Å²) in [6.45, 7) is 5.79. The Bertz CT molecular complexity index is 57.2. The topological polar surface area (TPSA) is 0 Å². The third-order valence-electron chi connectivity index (χ3n) is 0.808. The van der Waals surface area contributed by atoms with E-state index in [-0.39, 0.29) is 0 Å². The molecule has 0 bridgehead atoms. The monoisotopic (exact) mass is 115 g/mol. The Hall–Kier alpha value is 0.0900. The summed E-state index contributed by atoms with van der Waals surface area (Å²) in [5.41, 5.74) is 0. The predicted molar refractivity (Wildman–Crippen MR) is 37.5 cm³/mol. The Morgan fingerprint density at radius 2 is 2.29 bits per heavy atom. The van der Waals surface area contributed by atoms with Crippen molar-refractivity contribution in [1.29, 1.82) is 0 Å². The average molecular weight is 115 g/mol. The third kappa shape index (κ3) is 3.93. The molecule has 7 heavy (non-hydrogen) atoms. The lowest BCUT2D eigenvalue weighted by Gasteiger charge is -1.91. The van der Waals surface area contributed by atoms with Crippen LogP contribution >= 0.6 is 12.2 Å². The van der Waals surface area contributed by atoms with Gasteiger partial charge in [0.05, 0.1) is 0 Å². The first kappa shape index (κ1) is 7.09. The van der Waals surface area contributed by atoms with Crippen LogP contribution in [0.15, 0.2) is 0 Å². The summed E-state index contributed by atoms with van der Waals surface area (Å²) in [6.07, 6.45) is 3.05. The maximum absolute atomic E-state index is 4.89. The molecule has 0 atom stereocenters. The molecule has 0 aromatic rings. The quantitative estimate of drug-likeness (QED) is 0.509. The molecule has 0 spiro atoms. The van der Waals surface area contributed by atoms with Crippen molar-refractivity contribution < 1.29 is 0 Å². The van der Waals surface area contributed by atoms with Crippen molar-refractivity contribution in [2.75, 3.05) is 0 Å². The molecule has 0 aliphatic carbocycles. The Morgan fingerprint density at radius 1 is 1.71 bits per heavy atom. The zero-order valence-corrected chi connectivity index (χ0v) is 5.55. The highest BCUT2D eigenvalue weighted by Crippen LogP contribution is 1.94. The molecule has 0 heterocycles. The number of rotatable bonds is 3. The first-order valence-corrected chi connectivity index (χ1v) is 3.03. The van der Waals surface area contributed by atoms with Gasteiger partial charge in [-0.2, -0.15) is 0 Å². The fourth-order valence-electron chi connectivity index (χ4n) is 0.404. The largest absolute Gasteiger partial charge is 0.0897 e. The van der Waals surface area contributed by atoms with Gasteiger partial charge in [-0.05, 0) is 24.6 Å². The molecule has 0 fully saturated rings. The van der Waals surface area contributed by atoms with E-state index in [1.165, 1.54) is 0 Å². The van der Waals surface area contributed by atoms with E-state index in [0.29, 0.717) is 0 Å². The lowest BCUT2D eigenvalue weighted by Crippen LogP contribution is -1.87. The number of hydrogen-bond acceptors (Lipinski definition) is 1. The van der Waals surface area contributed by atoms with E-state index in [2.05, 4.69) is 13.8 Å². The van der Waals surface area contributed by atoms with Crippen molar-refractivity contribution in [2.24, 2.45) is 0 Å². The van der Waals surface area contributed by atoms with Crippen molar-refractivity contribution in [2.45, 2.75) is 26.2 Å². The summed E-state index contributed by atoms with van der Waals surface area (Å²) in [6, 6.07) is 0. The first-order chi connectivity index (χ1) is 3.31. The fourth-order valence-corrected chi connectivity index (χ4v) is 0.608. The van der Waals surface area contributed by atoms with Gasteiger partial charge in [-0.15, -0.1) is 0 Å². The molecule has 0 saturated carbocycles. The van der Waals surface area contributed by atoms with Crippen LogP contribution in [0.2, 0.25) is 0 Å². The van der Waals surface area contributed by atoms with E-state index in [9.17, 15) is 0 Å². The molecule has 0 aromatic carbocycles. The summed E-state index contributed by atoms with van der Waals surface area (Å²) >= 11 is 4.89. The van der Waals surface area contributed by atoms with Crippen molar-refractivity contribution in [1.82, 2.24) is 0 Å². The molecule has 1 radical (unpaired) electrons. The van der Waals surface area contributed by atoms with Crippen LogP contribution in [0.5, 0.6) is 0 Å². The van der Waals surface area contributed by atoms with Crippen LogP contribution in [-0.4, -0.2) is 4.86 Å². The Morgan fingerprint density at radius 3 is 2.43 bits per heavy atom. The molecule has 0 saturated heterocycles. The van der Waals surface area contributed by atoms with Gasteiger partial charge < -0.3 is 0 Å². The molecule has 0 aliphatic rings. The SMILES string of the molecule is [CH2]CC(=S)CCC. The van der Waals surface area contributed by atoms with Crippen LogP contribution in [0.25, 0.3) is 0 Å². The van der Waals surface area contributed by atoms with Crippen molar-refractivity contribution in [3.63, 3.8) is 0 Å². The highest BCUT2D eigenvalue weighted by atomic mass is 32.1. The van der Waals surface area contributed by atoms with Gasteiger partial charge in [-0.1, -0.05) is 25.6 Å². The molecule has 0 unspecified atom stereocenters. The average Bonchev–Trinajstić information content (AvgIpc) is 1.68. The van der Waals surface area contributed by atoms with E-state index in [0.717, 1.165) is 24.1 Å². The zero-order valence-electron chi connectivity index (χ0n) is 4.74. The maximum atomic E-state index is 4.89. The molecule has 0 aliphatic heterocycles. The second kappa shape index (κ2) is 4.25. The molecule has 0 rings (SSSR count). The van der Waals surface area contributed by atoms with Gasteiger partial charge in [0.25, 0.3) is 0 Å². The second-order valence-corrected chi connectivity index (χ2v) is 2.12. The van der Waals surface area contributed by atoms with Crippen LogP contribution in [0, 0.1) is 6.92 Å². The van der Waals surface area contributed by atoms with Gasteiger partial charge in [0.15, 0.2) is 0 Å². The minimum Gasteiger partial charge on any atom is -0.0897 e. The van der Waals surface area contributed by atoms with Gasteiger partial charge in [0, 0.05) is 0 Å². The van der Waals surface area contributed by atoms with Gasteiger partial charge >= 0.3 is 0 Å². The van der Waals surface area contributed by atoms with Crippen molar-refractivity contribution >= 4 is 17.1 Å². The van der Waals surface area contributed by atoms with E-state index < -0.39 is 0 Å². The first-order valence-electron chi connectivity index (χ1n) is 2.62. The molecule has 41 valence electrons. The van der Waals surface area contributed by atoms with Crippen molar-refractivity contribution in [3.05, 3.63) is 6.92 Å². The Labute approximate surface area is 50.9 Å². The fraction of sp³-hybridized carbons (Fsp3) is 0.667. The third-order valence-corrected chi connectivity index (χ3v) is 1.22. The lowest BCUT2D eigenvalue weighted by atomic mass is 10.2. The molecular weight excluding hydrogens is 104 g/mol. The highest BCUT2D eigenvalue weighted by molar-refractivity contribution is 7.80. The van der Waals surface area contributed by atoms with Crippen LogP contribution in [0.1, 0.15) is 26.2 Å². The molecule has 0 N–H and O–H groups in total. The Balaban J connectivity index is 3.00. The molecule has 0 nitrogen and oxygen atoms in total. The van der Waals surface area contributed by atoms with E-state index in [1.54, 1.807) is 0 Å². The summed E-state index contributed by atoms with van der Waals surface area (Å²) < 4.78 is 0. The summed E-state index contributed by atoms with van der Waals surface area (Å²) in [5.74, 6) is 0. The van der Waals surface area contributed by atoms with Gasteiger partial charge in [-0.3, -0.25) is 0 Å². The smallest absolute Gasteiger partial charge is 0.00716 e. The minimum atomic E-state index is 0.823. The van der Waals surface area contributed by atoms with Gasteiger partial charge in [0.1, 0.15) is 0 Å².